The zero-order valence-electron chi connectivity index (χ0n) is 11.4. The average Bonchev–Trinajstić information content (AvgIpc) is 3.01. The lowest BCUT2D eigenvalue weighted by atomic mass is 10.0. The maximum atomic E-state index is 11.5. The second kappa shape index (κ2) is 5.00. The molecule has 3 heterocycles. The number of aliphatic carboxylic acids is 1. The van der Waals surface area contributed by atoms with Crippen LogP contribution in [0.3, 0.4) is 0 Å². The number of carboxylic acid groups (broad SMARTS) is 2. The van der Waals surface area contributed by atoms with Crippen LogP contribution >= 0.6 is 11.3 Å². The third-order valence-corrected chi connectivity index (χ3v) is 4.66. The number of fused-ring (bicyclic) bond motifs is 1. The van der Waals surface area contributed by atoms with E-state index in [2.05, 4.69) is 4.98 Å². The molecule has 0 aromatic carbocycles. The van der Waals surface area contributed by atoms with Crippen LogP contribution in [0.1, 0.15) is 39.9 Å². The number of nitrogens with zero attached hydrogens (tertiary/aromatic N) is 2. The van der Waals surface area contributed by atoms with Crippen LogP contribution in [-0.2, 0) is 11.2 Å². The minimum absolute atomic E-state index is 0.0259. The van der Waals surface area contributed by atoms with Crippen molar-refractivity contribution in [2.75, 3.05) is 0 Å². The smallest absolute Gasteiger partial charge is 0.356 e. The van der Waals surface area contributed by atoms with Crippen molar-refractivity contribution < 1.29 is 19.8 Å². The van der Waals surface area contributed by atoms with E-state index in [1.54, 1.807) is 4.57 Å². The molecular weight excluding hydrogens is 292 g/mol. The first-order valence-electron chi connectivity index (χ1n) is 6.63. The van der Waals surface area contributed by atoms with Crippen molar-refractivity contribution in [3.63, 3.8) is 0 Å². The highest BCUT2D eigenvalue weighted by Gasteiger charge is 2.33. The Bertz CT molecular complexity index is 731. The molecule has 0 amide bonds. The molecule has 0 saturated heterocycles. The Balaban J connectivity index is 2.24. The van der Waals surface area contributed by atoms with Crippen LogP contribution in [-0.4, -0.2) is 31.7 Å². The van der Waals surface area contributed by atoms with E-state index in [-0.39, 0.29) is 5.69 Å². The van der Waals surface area contributed by atoms with Gasteiger partial charge in [-0.15, -0.1) is 11.3 Å². The molecule has 1 unspecified atom stereocenters. The number of hydrogen-bond donors (Lipinski definition) is 2. The number of rotatable bonds is 3. The maximum Gasteiger partial charge on any atom is 0.356 e. The van der Waals surface area contributed by atoms with Crippen molar-refractivity contribution in [3.8, 4) is 10.7 Å². The lowest BCUT2D eigenvalue weighted by Gasteiger charge is -2.23. The van der Waals surface area contributed by atoms with Crippen LogP contribution in [0.25, 0.3) is 10.7 Å². The largest absolute Gasteiger partial charge is 0.480 e. The molecule has 0 fully saturated rings. The lowest BCUT2D eigenvalue weighted by Crippen LogP contribution is -2.26. The average molecular weight is 306 g/mol. The van der Waals surface area contributed by atoms with Gasteiger partial charge >= 0.3 is 11.9 Å². The lowest BCUT2D eigenvalue weighted by molar-refractivity contribution is -0.141. The highest BCUT2D eigenvalue weighted by molar-refractivity contribution is 7.15. The molecule has 0 spiro atoms. The normalized spacial score (nSPS) is 17.5. The number of aryl methyl sites for hydroxylation is 1. The van der Waals surface area contributed by atoms with Crippen LogP contribution in [0.2, 0.25) is 0 Å². The summed E-state index contributed by atoms with van der Waals surface area (Å²) < 4.78 is 1.60. The maximum absolute atomic E-state index is 11.5. The summed E-state index contributed by atoms with van der Waals surface area (Å²) >= 11 is 1.48. The molecule has 1 atom stereocenters. The predicted molar refractivity (Wildman–Crippen MR) is 76.8 cm³/mol. The molecule has 0 radical (unpaired) electrons. The van der Waals surface area contributed by atoms with Gasteiger partial charge in [0.15, 0.2) is 11.5 Å². The standard InChI is InChI=1S/C14H14N2O4S/c1-7-5-6-10(21-7)12-15-11(14(19)20)8-3-2-4-9(13(17)18)16(8)12/h5-6,9H,2-4H2,1H3,(H,17,18)(H,19,20). The Labute approximate surface area is 124 Å². The molecule has 110 valence electrons. The van der Waals surface area contributed by atoms with Gasteiger partial charge < -0.3 is 14.8 Å². The first-order chi connectivity index (χ1) is 9.99. The second-order valence-electron chi connectivity index (χ2n) is 5.06. The molecule has 2 aromatic rings. The van der Waals surface area contributed by atoms with Crippen LogP contribution in [0.4, 0.5) is 0 Å². The summed E-state index contributed by atoms with van der Waals surface area (Å²) in [5.41, 5.74) is 0.490. The van der Waals surface area contributed by atoms with Gasteiger partial charge in [0.2, 0.25) is 0 Å². The van der Waals surface area contributed by atoms with Gasteiger partial charge in [-0.25, -0.2) is 14.6 Å². The Morgan fingerprint density at radius 2 is 2.14 bits per heavy atom. The Morgan fingerprint density at radius 3 is 2.71 bits per heavy atom. The van der Waals surface area contributed by atoms with Crippen LogP contribution < -0.4 is 0 Å². The number of carbonyl (C=O) groups is 2. The summed E-state index contributed by atoms with van der Waals surface area (Å²) in [4.78, 5) is 29.0. The molecular formula is C14H14N2O4S. The Hall–Kier alpha value is -2.15. The third kappa shape index (κ3) is 2.23. The van der Waals surface area contributed by atoms with Crippen LogP contribution in [0.5, 0.6) is 0 Å². The van der Waals surface area contributed by atoms with E-state index in [9.17, 15) is 19.8 Å². The quantitative estimate of drug-likeness (QED) is 0.909. The fourth-order valence-corrected chi connectivity index (χ4v) is 3.62. The van der Waals surface area contributed by atoms with Gasteiger partial charge in [-0.3, -0.25) is 0 Å². The van der Waals surface area contributed by atoms with Gasteiger partial charge in [0.05, 0.1) is 10.6 Å². The van der Waals surface area contributed by atoms with E-state index in [1.165, 1.54) is 11.3 Å². The number of imidazole rings is 1. The Morgan fingerprint density at radius 1 is 1.38 bits per heavy atom. The number of hydrogen-bond acceptors (Lipinski definition) is 4. The first-order valence-corrected chi connectivity index (χ1v) is 7.44. The van der Waals surface area contributed by atoms with Gasteiger partial charge in [0, 0.05) is 4.88 Å². The first kappa shape index (κ1) is 13.8. The molecule has 7 heteroatoms. The summed E-state index contributed by atoms with van der Waals surface area (Å²) in [7, 11) is 0. The molecule has 2 N–H and O–H groups in total. The van der Waals surface area contributed by atoms with Crippen molar-refractivity contribution in [2.45, 2.75) is 32.2 Å². The molecule has 21 heavy (non-hydrogen) atoms. The van der Waals surface area contributed by atoms with E-state index < -0.39 is 18.0 Å². The van der Waals surface area contributed by atoms with Crippen molar-refractivity contribution in [2.24, 2.45) is 0 Å². The highest BCUT2D eigenvalue weighted by Crippen LogP contribution is 2.36. The van der Waals surface area contributed by atoms with Gasteiger partial charge in [0.1, 0.15) is 6.04 Å². The predicted octanol–water partition coefficient (Wildman–Crippen LogP) is 2.58. The van der Waals surface area contributed by atoms with Crippen LogP contribution in [0.15, 0.2) is 12.1 Å². The molecule has 2 aromatic heterocycles. The van der Waals surface area contributed by atoms with E-state index in [4.69, 9.17) is 0 Å². The zero-order valence-corrected chi connectivity index (χ0v) is 12.2. The number of aromatic carboxylic acids is 1. The van der Waals surface area contributed by atoms with Crippen molar-refractivity contribution in [1.82, 2.24) is 9.55 Å². The fourth-order valence-electron chi connectivity index (χ4n) is 2.77. The Kier molecular flexibility index (Phi) is 3.29. The zero-order chi connectivity index (χ0) is 15.1. The van der Waals surface area contributed by atoms with E-state index in [0.29, 0.717) is 30.8 Å². The molecule has 0 saturated carbocycles. The number of aromatic nitrogens is 2. The summed E-state index contributed by atoms with van der Waals surface area (Å²) in [6, 6.07) is 3.03. The van der Waals surface area contributed by atoms with Gasteiger partial charge in [0.25, 0.3) is 0 Å². The molecule has 0 aliphatic carbocycles. The fraction of sp³-hybridized carbons (Fsp3) is 0.357. The summed E-state index contributed by atoms with van der Waals surface area (Å²) in [6.07, 6.45) is 1.70. The molecule has 1 aliphatic rings. The second-order valence-corrected chi connectivity index (χ2v) is 6.35. The summed E-state index contributed by atoms with van der Waals surface area (Å²) in [5.74, 6) is -1.60. The molecule has 3 rings (SSSR count). The van der Waals surface area contributed by atoms with E-state index >= 15 is 0 Å². The minimum Gasteiger partial charge on any atom is -0.480 e. The summed E-state index contributed by atoms with van der Waals surface area (Å²) in [5, 5.41) is 18.7. The number of thiophene rings is 1. The van der Waals surface area contributed by atoms with E-state index in [1.807, 2.05) is 19.1 Å². The SMILES string of the molecule is Cc1ccc(-c2nc(C(=O)O)c3n2C(C(=O)O)CCC3)s1. The molecule has 0 bridgehead atoms. The van der Waals surface area contributed by atoms with Crippen molar-refractivity contribution in [1.29, 1.82) is 0 Å². The van der Waals surface area contributed by atoms with Gasteiger partial charge in [-0.05, 0) is 38.3 Å². The van der Waals surface area contributed by atoms with Crippen LogP contribution in [0, 0.1) is 6.92 Å². The van der Waals surface area contributed by atoms with Crippen molar-refractivity contribution in [3.05, 3.63) is 28.4 Å². The van der Waals surface area contributed by atoms with Gasteiger partial charge in [-0.1, -0.05) is 0 Å². The topological polar surface area (TPSA) is 92.4 Å². The van der Waals surface area contributed by atoms with Crippen molar-refractivity contribution >= 4 is 23.3 Å². The van der Waals surface area contributed by atoms with E-state index in [0.717, 1.165) is 9.75 Å². The van der Waals surface area contributed by atoms with Gasteiger partial charge in [-0.2, -0.15) is 0 Å². The minimum atomic E-state index is -1.11. The third-order valence-electron chi connectivity index (χ3n) is 3.66. The highest BCUT2D eigenvalue weighted by atomic mass is 32.1. The summed E-state index contributed by atoms with van der Waals surface area (Å²) in [6.45, 7) is 1.95. The number of carboxylic acids is 2. The molecule has 1 aliphatic heterocycles. The molecule has 6 nitrogen and oxygen atoms in total. The monoisotopic (exact) mass is 306 g/mol.